The van der Waals surface area contributed by atoms with E-state index >= 15 is 0 Å². The topological polar surface area (TPSA) is 138 Å². The first-order valence-corrected chi connectivity index (χ1v) is 15.1. The molecule has 0 saturated carbocycles. The average Bonchev–Trinajstić information content (AvgIpc) is 3.53. The van der Waals surface area contributed by atoms with Crippen molar-refractivity contribution in [3.05, 3.63) is 68.3 Å². The first-order valence-electron chi connectivity index (χ1n) is 14.0. The molecule has 4 rings (SSSR count). The first-order chi connectivity index (χ1) is 21.0. The van der Waals surface area contributed by atoms with Crippen molar-refractivity contribution in [1.29, 1.82) is 0 Å². The summed E-state index contributed by atoms with van der Waals surface area (Å²) in [5, 5.41) is 33.1. The Kier molecular flexibility index (Phi) is 11.5. The van der Waals surface area contributed by atoms with Crippen LogP contribution in [0, 0.1) is 3.57 Å². The van der Waals surface area contributed by atoms with Crippen LogP contribution in [-0.2, 0) is 22.3 Å². The van der Waals surface area contributed by atoms with Crippen LogP contribution in [0.15, 0.2) is 48.0 Å². The number of ether oxygens (including phenoxy) is 3. The van der Waals surface area contributed by atoms with Crippen molar-refractivity contribution in [1.82, 2.24) is 10.2 Å². The number of carbonyl (C=O) groups excluding carboxylic acids is 2. The highest BCUT2D eigenvalue weighted by Gasteiger charge is 2.42. The van der Waals surface area contributed by atoms with Gasteiger partial charge in [0.1, 0.15) is 12.2 Å². The average molecular weight is 735 g/mol. The number of halogens is 4. The highest BCUT2D eigenvalue weighted by Crippen LogP contribution is 2.38. The molecule has 1 aliphatic carbocycles. The number of benzene rings is 2. The number of aliphatic hydroxyl groups is 3. The summed E-state index contributed by atoms with van der Waals surface area (Å²) in [5.41, 5.74) is -0.202. The molecule has 240 valence electrons. The van der Waals surface area contributed by atoms with Crippen LogP contribution in [0.25, 0.3) is 0 Å². The standard InChI is InChI=1S/C30H34F3IN2O8/c1-42-25-12-17(16-38)11-22(34)27(25)44-24-14-19(28(40)35-8-9-37)13-23(26(24)39)36(15-21-3-2-10-43-21)29(41)18-4-6-20(7-5-18)30(31,32)33/h4-7,11-12,14,21,23-24,26,37-39H,2-3,8-10,13,15-16H2,1H3,(H,35,40)/t21-,23-,24+,26+/m1/s1. The van der Waals surface area contributed by atoms with Crippen molar-refractivity contribution in [3.63, 3.8) is 0 Å². The summed E-state index contributed by atoms with van der Waals surface area (Å²) in [5.74, 6) is -0.678. The predicted octanol–water partition coefficient (Wildman–Crippen LogP) is 3.05. The quantitative estimate of drug-likeness (QED) is 0.259. The molecular formula is C30H34F3IN2O8. The Balaban J connectivity index is 1.73. The summed E-state index contributed by atoms with van der Waals surface area (Å²) in [6.45, 7) is -0.1000. The zero-order valence-electron chi connectivity index (χ0n) is 23.8. The van der Waals surface area contributed by atoms with E-state index in [0.717, 1.165) is 30.7 Å². The molecule has 44 heavy (non-hydrogen) atoms. The Labute approximate surface area is 265 Å². The van der Waals surface area contributed by atoms with Crippen molar-refractivity contribution in [2.75, 3.05) is 33.4 Å². The second kappa shape index (κ2) is 14.9. The van der Waals surface area contributed by atoms with Gasteiger partial charge in [0.15, 0.2) is 11.5 Å². The van der Waals surface area contributed by atoms with Gasteiger partial charge in [-0.1, -0.05) is 0 Å². The smallest absolute Gasteiger partial charge is 0.416 e. The number of aliphatic hydroxyl groups excluding tert-OH is 3. The van der Waals surface area contributed by atoms with Gasteiger partial charge in [0, 0.05) is 37.3 Å². The maximum atomic E-state index is 13.9. The summed E-state index contributed by atoms with van der Waals surface area (Å²) >= 11 is 1.99. The van der Waals surface area contributed by atoms with E-state index < -0.39 is 41.8 Å². The van der Waals surface area contributed by atoms with E-state index in [4.69, 9.17) is 14.2 Å². The number of hydrogen-bond donors (Lipinski definition) is 4. The van der Waals surface area contributed by atoms with Gasteiger partial charge in [-0.2, -0.15) is 13.2 Å². The Morgan fingerprint density at radius 3 is 2.50 bits per heavy atom. The van der Waals surface area contributed by atoms with Gasteiger partial charge >= 0.3 is 6.18 Å². The van der Waals surface area contributed by atoms with Gasteiger partial charge in [-0.15, -0.1) is 0 Å². The van der Waals surface area contributed by atoms with Crippen molar-refractivity contribution in [2.45, 2.75) is 56.4 Å². The van der Waals surface area contributed by atoms with Gasteiger partial charge < -0.3 is 39.7 Å². The molecule has 2 aromatic rings. The Bertz CT molecular complexity index is 1350. The molecule has 4 N–H and O–H groups in total. The SMILES string of the molecule is COc1cc(CO)cc(I)c1O[C@H]1C=C(C(=O)NCCO)C[C@@H](N(C[C@H]2CCCO2)C(=O)c2ccc(C(F)(F)F)cc2)[C@@H]1O. The monoisotopic (exact) mass is 734 g/mol. The number of carbonyl (C=O) groups is 2. The van der Waals surface area contributed by atoms with Crippen molar-refractivity contribution in [2.24, 2.45) is 0 Å². The summed E-state index contributed by atoms with van der Waals surface area (Å²) in [4.78, 5) is 28.4. The largest absolute Gasteiger partial charge is 0.493 e. The number of alkyl halides is 3. The highest BCUT2D eigenvalue weighted by atomic mass is 127. The number of nitrogens with one attached hydrogen (secondary N) is 1. The molecule has 2 amide bonds. The molecule has 0 spiro atoms. The molecule has 4 atom stereocenters. The Morgan fingerprint density at radius 2 is 1.91 bits per heavy atom. The molecule has 0 unspecified atom stereocenters. The highest BCUT2D eigenvalue weighted by molar-refractivity contribution is 14.1. The van der Waals surface area contributed by atoms with E-state index in [1.807, 2.05) is 22.6 Å². The summed E-state index contributed by atoms with van der Waals surface area (Å²) in [6.07, 6.45) is -4.80. The van der Waals surface area contributed by atoms with Gasteiger partial charge in [0.2, 0.25) is 5.91 Å². The van der Waals surface area contributed by atoms with E-state index in [1.54, 1.807) is 12.1 Å². The van der Waals surface area contributed by atoms with Crippen LogP contribution in [0.3, 0.4) is 0 Å². The Morgan fingerprint density at radius 1 is 1.18 bits per heavy atom. The van der Waals surface area contributed by atoms with Gasteiger partial charge in [-0.25, -0.2) is 0 Å². The van der Waals surface area contributed by atoms with Crippen molar-refractivity contribution < 1.29 is 52.3 Å². The lowest BCUT2D eigenvalue weighted by Crippen LogP contribution is -2.56. The van der Waals surface area contributed by atoms with Crippen LogP contribution in [0.4, 0.5) is 13.2 Å². The van der Waals surface area contributed by atoms with Crippen LogP contribution in [0.1, 0.15) is 40.7 Å². The van der Waals surface area contributed by atoms with E-state index in [9.17, 15) is 38.1 Å². The lowest BCUT2D eigenvalue weighted by atomic mass is 9.87. The number of amides is 2. The lowest BCUT2D eigenvalue weighted by Gasteiger charge is -2.41. The zero-order chi connectivity index (χ0) is 32.0. The fourth-order valence-corrected chi connectivity index (χ4v) is 6.03. The minimum Gasteiger partial charge on any atom is -0.493 e. The normalized spacial score (nSPS) is 21.9. The Hall–Kier alpha value is -2.92. The molecule has 0 bridgehead atoms. The third-order valence-electron chi connectivity index (χ3n) is 7.48. The molecule has 0 radical (unpaired) electrons. The lowest BCUT2D eigenvalue weighted by molar-refractivity contribution is -0.137. The maximum Gasteiger partial charge on any atom is 0.416 e. The van der Waals surface area contributed by atoms with Crippen LogP contribution in [-0.4, -0.2) is 89.8 Å². The minimum absolute atomic E-state index is 0.0197. The molecule has 10 nitrogen and oxygen atoms in total. The molecule has 1 fully saturated rings. The first kappa shape index (κ1) is 34.0. The van der Waals surface area contributed by atoms with E-state index in [-0.39, 0.29) is 61.5 Å². The van der Waals surface area contributed by atoms with Gasteiger partial charge in [-0.3, -0.25) is 9.59 Å². The van der Waals surface area contributed by atoms with Crippen LogP contribution in [0.5, 0.6) is 11.5 Å². The molecule has 2 aliphatic rings. The number of hydrogen-bond acceptors (Lipinski definition) is 8. The molecule has 1 aliphatic heterocycles. The molecule has 14 heteroatoms. The molecule has 1 heterocycles. The summed E-state index contributed by atoms with van der Waals surface area (Å²) in [7, 11) is 1.41. The van der Waals surface area contributed by atoms with E-state index in [0.29, 0.717) is 22.2 Å². The third-order valence-corrected chi connectivity index (χ3v) is 8.29. The summed E-state index contributed by atoms with van der Waals surface area (Å²) in [6, 6.07) is 5.99. The predicted molar refractivity (Wildman–Crippen MR) is 160 cm³/mol. The van der Waals surface area contributed by atoms with Crippen LogP contribution < -0.4 is 14.8 Å². The fourth-order valence-electron chi connectivity index (χ4n) is 5.24. The van der Waals surface area contributed by atoms with Gasteiger partial charge in [-0.05, 0) is 83.5 Å². The fraction of sp³-hybridized carbons (Fsp3) is 0.467. The molecule has 2 aromatic carbocycles. The second-order valence-corrected chi connectivity index (χ2v) is 11.6. The van der Waals surface area contributed by atoms with Gasteiger partial charge in [0.25, 0.3) is 5.91 Å². The van der Waals surface area contributed by atoms with Crippen LogP contribution in [0.2, 0.25) is 0 Å². The third kappa shape index (κ3) is 8.02. The molecule has 0 aromatic heterocycles. The molecular weight excluding hydrogens is 700 g/mol. The summed E-state index contributed by atoms with van der Waals surface area (Å²) < 4.78 is 57.6. The minimum atomic E-state index is -4.58. The van der Waals surface area contributed by atoms with Crippen molar-refractivity contribution >= 4 is 34.4 Å². The van der Waals surface area contributed by atoms with Crippen LogP contribution >= 0.6 is 22.6 Å². The zero-order valence-corrected chi connectivity index (χ0v) is 26.0. The number of methoxy groups -OCH3 is 1. The number of rotatable bonds is 11. The second-order valence-electron chi connectivity index (χ2n) is 10.5. The number of nitrogens with zero attached hydrogens (tertiary/aromatic N) is 1. The molecule has 1 saturated heterocycles. The van der Waals surface area contributed by atoms with Gasteiger partial charge in [0.05, 0.1) is 41.6 Å². The maximum absolute atomic E-state index is 13.9. The van der Waals surface area contributed by atoms with Crippen molar-refractivity contribution in [3.8, 4) is 11.5 Å². The van der Waals surface area contributed by atoms with E-state index in [2.05, 4.69) is 5.32 Å². The van der Waals surface area contributed by atoms with E-state index in [1.165, 1.54) is 18.1 Å².